The minimum atomic E-state index is -0.771. The number of nitrogens with two attached hydrogens (primary N) is 1. The van der Waals surface area contributed by atoms with E-state index in [-0.39, 0.29) is 43.8 Å². The van der Waals surface area contributed by atoms with E-state index < -0.39 is 6.04 Å². The summed E-state index contributed by atoms with van der Waals surface area (Å²) in [5.74, 6) is -0.632. The van der Waals surface area contributed by atoms with Crippen molar-refractivity contribution in [3.05, 3.63) is 35.9 Å². The zero-order valence-electron chi connectivity index (χ0n) is 46.1. The van der Waals surface area contributed by atoms with Gasteiger partial charge in [-0.05, 0) is 89.8 Å². The van der Waals surface area contributed by atoms with Crippen LogP contribution in [0.1, 0.15) is 263 Å². The Hall–Kier alpha value is -2.53. The summed E-state index contributed by atoms with van der Waals surface area (Å²) in [5.41, 5.74) is 6.49. The van der Waals surface area contributed by atoms with E-state index in [1.807, 2.05) is 35.2 Å². The van der Waals surface area contributed by atoms with Crippen molar-refractivity contribution in [1.82, 2.24) is 26.2 Å². The highest BCUT2D eigenvalue weighted by atomic mass is 16.5. The number of rotatable bonds is 55. The molecule has 0 aliphatic heterocycles. The van der Waals surface area contributed by atoms with Crippen molar-refractivity contribution in [3.63, 3.8) is 0 Å². The minimum absolute atomic E-state index is 0.0649. The Bertz CT molecular complexity index is 1230. The lowest BCUT2D eigenvalue weighted by Crippen LogP contribution is -2.51. The summed E-state index contributed by atoms with van der Waals surface area (Å²) in [6.45, 7) is 11.6. The molecular weight excluding hydrogens is 869 g/mol. The number of amides is 2. The maximum absolute atomic E-state index is 14.5. The average Bonchev–Trinajstić information content (AvgIpc) is 3.37. The number of carbonyl (C=O) groups is 3. The second-order valence-corrected chi connectivity index (χ2v) is 20.6. The Kier molecular flexibility index (Phi) is 49.4. The predicted octanol–water partition coefficient (Wildman–Crippen LogP) is 13.6. The monoisotopic (exact) mass is 983 g/mol. The number of esters is 1. The first kappa shape index (κ1) is 65.5. The number of benzene rings is 1. The molecular formula is C60H114N6O4. The molecule has 2 amide bonds. The number of nitrogens with zero attached hydrogens (tertiary/aromatic N) is 1. The Morgan fingerprint density at radius 2 is 0.871 bits per heavy atom. The molecule has 0 spiro atoms. The lowest BCUT2D eigenvalue weighted by molar-refractivity contribution is -0.146. The predicted molar refractivity (Wildman–Crippen MR) is 299 cm³/mol. The number of hydrogen-bond acceptors (Lipinski definition) is 8. The molecule has 1 unspecified atom stereocenters. The molecule has 0 aliphatic rings. The van der Waals surface area contributed by atoms with Gasteiger partial charge in [-0.1, -0.05) is 237 Å². The van der Waals surface area contributed by atoms with E-state index in [0.717, 1.165) is 89.7 Å². The molecule has 0 fully saturated rings. The first-order chi connectivity index (χ1) is 34.5. The van der Waals surface area contributed by atoms with Gasteiger partial charge in [-0.3, -0.25) is 14.4 Å². The van der Waals surface area contributed by atoms with E-state index >= 15 is 0 Å². The highest BCUT2D eigenvalue weighted by molar-refractivity contribution is 5.88. The van der Waals surface area contributed by atoms with Crippen LogP contribution in [0.25, 0.3) is 0 Å². The number of carbonyl (C=O) groups excluding carboxylic acids is 3. The second-order valence-electron chi connectivity index (χ2n) is 20.6. The minimum Gasteiger partial charge on any atom is -0.461 e. The van der Waals surface area contributed by atoms with Gasteiger partial charge >= 0.3 is 5.97 Å². The van der Waals surface area contributed by atoms with E-state index in [1.54, 1.807) is 0 Å². The van der Waals surface area contributed by atoms with Crippen LogP contribution in [0.4, 0.5) is 0 Å². The molecule has 0 bridgehead atoms. The largest absolute Gasteiger partial charge is 0.461 e. The van der Waals surface area contributed by atoms with Crippen LogP contribution < -0.4 is 27.0 Å². The summed E-state index contributed by atoms with van der Waals surface area (Å²) in [4.78, 5) is 42.8. The highest BCUT2D eigenvalue weighted by Crippen LogP contribution is 2.17. The molecule has 1 rings (SSSR count). The van der Waals surface area contributed by atoms with Crippen molar-refractivity contribution in [2.75, 3.05) is 58.9 Å². The third-order valence-electron chi connectivity index (χ3n) is 13.9. The van der Waals surface area contributed by atoms with Gasteiger partial charge in [0, 0.05) is 19.5 Å². The van der Waals surface area contributed by atoms with Gasteiger partial charge in [0.15, 0.2) is 0 Å². The summed E-state index contributed by atoms with van der Waals surface area (Å²) >= 11 is 0. The highest BCUT2D eigenvalue weighted by Gasteiger charge is 2.27. The molecule has 1 aromatic carbocycles. The summed E-state index contributed by atoms with van der Waals surface area (Å²) in [5, 5.41) is 13.3. The Morgan fingerprint density at radius 3 is 1.30 bits per heavy atom. The molecule has 0 radical (unpaired) electrons. The molecule has 70 heavy (non-hydrogen) atoms. The quantitative estimate of drug-likeness (QED) is 0.0321. The first-order valence-electron chi connectivity index (χ1n) is 30.1. The number of nitrogens with one attached hydrogen (secondary N) is 4. The molecule has 1 atom stereocenters. The number of ether oxygens (including phenoxy) is 1. The molecule has 0 saturated carbocycles. The van der Waals surface area contributed by atoms with Gasteiger partial charge in [-0.15, -0.1) is 0 Å². The maximum Gasteiger partial charge on any atom is 0.306 e. The summed E-state index contributed by atoms with van der Waals surface area (Å²) in [6.07, 6.45) is 46.5. The first-order valence-corrected chi connectivity index (χ1v) is 30.1. The zero-order chi connectivity index (χ0) is 50.5. The van der Waals surface area contributed by atoms with Gasteiger partial charge < -0.3 is 36.6 Å². The Morgan fingerprint density at radius 1 is 0.486 bits per heavy atom. The van der Waals surface area contributed by atoms with Crippen molar-refractivity contribution in [2.24, 2.45) is 5.73 Å². The van der Waals surface area contributed by atoms with Crippen molar-refractivity contribution < 1.29 is 19.1 Å². The normalized spacial score (nSPS) is 11.8. The molecule has 1 aromatic rings. The lowest BCUT2D eigenvalue weighted by Gasteiger charge is -2.28. The van der Waals surface area contributed by atoms with Crippen LogP contribution in [-0.2, 0) is 25.7 Å². The fourth-order valence-corrected chi connectivity index (χ4v) is 9.35. The number of unbranched alkanes of at least 4 members (excludes halogenated alkanes) is 31. The van der Waals surface area contributed by atoms with Gasteiger partial charge in [-0.2, -0.15) is 0 Å². The van der Waals surface area contributed by atoms with Crippen LogP contribution in [-0.4, -0.2) is 87.6 Å². The molecule has 0 heterocycles. The van der Waals surface area contributed by atoms with Crippen molar-refractivity contribution in [3.8, 4) is 0 Å². The molecule has 10 heteroatoms. The van der Waals surface area contributed by atoms with Crippen LogP contribution in [0, 0.1) is 0 Å². The lowest BCUT2D eigenvalue weighted by atomic mass is 10.0. The van der Waals surface area contributed by atoms with Gasteiger partial charge in [0.1, 0.15) is 12.6 Å². The van der Waals surface area contributed by atoms with Crippen LogP contribution in [0.15, 0.2) is 30.3 Å². The van der Waals surface area contributed by atoms with Crippen LogP contribution >= 0.6 is 0 Å². The SMILES string of the molecule is CCCCCCCCCCCCCCCCCCN(CCCCCCCCCCCCCCCCCC)C(=O)C(CCC(=O)OCc1ccccc1)NC(=O)CNCCCNCCCCNCCCN. The Labute approximate surface area is 432 Å². The van der Waals surface area contributed by atoms with Gasteiger partial charge in [0.2, 0.25) is 11.8 Å². The average molecular weight is 984 g/mol. The molecule has 0 aromatic heterocycles. The third-order valence-corrected chi connectivity index (χ3v) is 13.9. The molecule has 10 nitrogen and oxygen atoms in total. The summed E-state index contributed by atoms with van der Waals surface area (Å²) in [6, 6.07) is 8.89. The van der Waals surface area contributed by atoms with E-state index in [4.69, 9.17) is 10.5 Å². The molecule has 6 N–H and O–H groups in total. The van der Waals surface area contributed by atoms with Gasteiger partial charge in [-0.25, -0.2) is 0 Å². The fraction of sp³-hybridized carbons (Fsp3) is 0.850. The van der Waals surface area contributed by atoms with E-state index in [2.05, 4.69) is 35.1 Å². The van der Waals surface area contributed by atoms with Gasteiger partial charge in [0.25, 0.3) is 0 Å². The van der Waals surface area contributed by atoms with Crippen LogP contribution in [0.3, 0.4) is 0 Å². The Balaban J connectivity index is 2.67. The molecule has 0 saturated heterocycles. The van der Waals surface area contributed by atoms with Crippen molar-refractivity contribution >= 4 is 17.8 Å². The topological polar surface area (TPSA) is 138 Å². The van der Waals surface area contributed by atoms with Crippen LogP contribution in [0.5, 0.6) is 0 Å². The zero-order valence-corrected chi connectivity index (χ0v) is 46.1. The van der Waals surface area contributed by atoms with Crippen molar-refractivity contribution in [1.29, 1.82) is 0 Å². The number of hydrogen-bond donors (Lipinski definition) is 5. The standard InChI is InChI=1S/C60H114N6O4/c1-3-5-7-9-11-13-15-17-19-21-23-25-27-29-31-38-52-66(53-39-32-30-28-26-24-22-20-18-16-14-12-10-8-6-4-2)60(69)57(44-45-59(68)70-55-56-42-34-33-35-43-56)65-58(67)54-64-51-41-50-63-48-37-36-47-62-49-40-46-61/h33-35,42-43,57,62-64H,3-32,36-41,44-55,61H2,1-2H3,(H,65,67). The maximum atomic E-state index is 14.5. The smallest absolute Gasteiger partial charge is 0.306 e. The third kappa shape index (κ3) is 44.2. The summed E-state index contributed by atoms with van der Waals surface area (Å²) < 4.78 is 5.60. The van der Waals surface area contributed by atoms with E-state index in [0.29, 0.717) is 19.6 Å². The van der Waals surface area contributed by atoms with Crippen LogP contribution in [0.2, 0.25) is 0 Å². The molecule has 408 valence electrons. The van der Waals surface area contributed by atoms with E-state index in [9.17, 15) is 14.4 Å². The van der Waals surface area contributed by atoms with E-state index in [1.165, 1.54) is 180 Å². The van der Waals surface area contributed by atoms with Gasteiger partial charge in [0.05, 0.1) is 6.54 Å². The van der Waals surface area contributed by atoms with Crippen molar-refractivity contribution in [2.45, 2.75) is 270 Å². The molecule has 0 aliphatic carbocycles. The fourth-order valence-electron chi connectivity index (χ4n) is 9.35. The summed E-state index contributed by atoms with van der Waals surface area (Å²) in [7, 11) is 0. The second kappa shape index (κ2) is 52.8.